The van der Waals surface area contributed by atoms with E-state index in [1.54, 1.807) is 18.2 Å². The largest absolute Gasteiger partial charge is 0.497 e. The molecule has 0 fully saturated rings. The smallest absolute Gasteiger partial charge is 0.314 e. The first-order chi connectivity index (χ1) is 11.0. The van der Waals surface area contributed by atoms with E-state index in [-0.39, 0.29) is 11.4 Å². The van der Waals surface area contributed by atoms with Crippen molar-refractivity contribution in [1.82, 2.24) is 0 Å². The molecule has 6 nitrogen and oxygen atoms in total. The van der Waals surface area contributed by atoms with E-state index in [0.29, 0.717) is 11.5 Å². The molecule has 2 aromatic carbocycles. The predicted octanol–water partition coefficient (Wildman–Crippen LogP) is 2.42. The summed E-state index contributed by atoms with van der Waals surface area (Å²) in [6.45, 7) is 0. The summed E-state index contributed by atoms with van der Waals surface area (Å²) in [7, 11) is 2.90. The van der Waals surface area contributed by atoms with Crippen molar-refractivity contribution in [3.05, 3.63) is 48.3 Å². The predicted molar refractivity (Wildman–Crippen MR) is 83.2 cm³/mol. The number of rotatable bonds is 4. The molecule has 0 aliphatic heterocycles. The van der Waals surface area contributed by atoms with Crippen LogP contribution in [-0.4, -0.2) is 26.0 Å². The SMILES string of the molecule is COc1ccc(OC)c(NC(=O)C(=O)Nc2ccccc2F)c1. The molecule has 120 valence electrons. The first-order valence-corrected chi connectivity index (χ1v) is 6.64. The van der Waals surface area contributed by atoms with Crippen molar-refractivity contribution < 1.29 is 23.5 Å². The maximum absolute atomic E-state index is 13.5. The van der Waals surface area contributed by atoms with Gasteiger partial charge in [0.1, 0.15) is 17.3 Å². The fraction of sp³-hybridized carbons (Fsp3) is 0.125. The zero-order valence-electron chi connectivity index (χ0n) is 12.6. The molecule has 2 aromatic rings. The van der Waals surface area contributed by atoms with Crippen molar-refractivity contribution >= 4 is 23.2 Å². The standard InChI is InChI=1S/C16H15FN2O4/c1-22-10-7-8-14(23-2)13(9-10)19-16(21)15(20)18-12-6-4-3-5-11(12)17/h3-9H,1-2H3,(H,18,20)(H,19,21). The molecule has 0 spiro atoms. The number of halogens is 1. The Morgan fingerprint density at radius 3 is 2.17 bits per heavy atom. The number of hydrogen-bond acceptors (Lipinski definition) is 4. The second-order valence-electron chi connectivity index (χ2n) is 4.45. The highest BCUT2D eigenvalue weighted by Crippen LogP contribution is 2.28. The summed E-state index contributed by atoms with van der Waals surface area (Å²) >= 11 is 0. The average Bonchev–Trinajstić information content (AvgIpc) is 2.56. The second-order valence-corrected chi connectivity index (χ2v) is 4.45. The lowest BCUT2D eigenvalue weighted by molar-refractivity contribution is -0.133. The number of amides is 2. The summed E-state index contributed by atoms with van der Waals surface area (Å²) in [5.41, 5.74) is 0.186. The van der Waals surface area contributed by atoms with E-state index in [4.69, 9.17) is 9.47 Å². The first-order valence-electron chi connectivity index (χ1n) is 6.64. The molecule has 0 saturated carbocycles. The van der Waals surface area contributed by atoms with E-state index in [2.05, 4.69) is 10.6 Å². The number of carbonyl (C=O) groups excluding carboxylic acids is 2. The summed E-state index contributed by atoms with van der Waals surface area (Å²) in [4.78, 5) is 23.8. The summed E-state index contributed by atoms with van der Waals surface area (Å²) in [5, 5.41) is 4.60. The Kier molecular flexibility index (Phi) is 5.14. The van der Waals surface area contributed by atoms with Crippen molar-refractivity contribution in [2.75, 3.05) is 24.9 Å². The zero-order valence-corrected chi connectivity index (χ0v) is 12.6. The number of anilines is 2. The van der Waals surface area contributed by atoms with Crippen molar-refractivity contribution in [3.63, 3.8) is 0 Å². The number of para-hydroxylation sites is 1. The van der Waals surface area contributed by atoms with Crippen molar-refractivity contribution in [1.29, 1.82) is 0 Å². The topological polar surface area (TPSA) is 76.7 Å². The molecule has 7 heteroatoms. The molecule has 2 amide bonds. The molecular formula is C16H15FN2O4. The van der Waals surface area contributed by atoms with Gasteiger partial charge < -0.3 is 20.1 Å². The van der Waals surface area contributed by atoms with Gasteiger partial charge in [0, 0.05) is 6.07 Å². The van der Waals surface area contributed by atoms with Gasteiger partial charge in [0.15, 0.2) is 0 Å². The highest BCUT2D eigenvalue weighted by Gasteiger charge is 2.17. The van der Waals surface area contributed by atoms with Gasteiger partial charge in [0.2, 0.25) is 0 Å². The Morgan fingerprint density at radius 2 is 1.57 bits per heavy atom. The lowest BCUT2D eigenvalue weighted by Crippen LogP contribution is -2.29. The third-order valence-corrected chi connectivity index (χ3v) is 2.98. The molecular weight excluding hydrogens is 303 g/mol. The molecule has 0 atom stereocenters. The molecule has 0 aliphatic rings. The van der Waals surface area contributed by atoms with E-state index in [9.17, 15) is 14.0 Å². The third kappa shape index (κ3) is 3.97. The van der Waals surface area contributed by atoms with E-state index in [1.807, 2.05) is 0 Å². The van der Waals surface area contributed by atoms with Crippen molar-refractivity contribution in [2.45, 2.75) is 0 Å². The maximum Gasteiger partial charge on any atom is 0.314 e. The number of nitrogens with one attached hydrogen (secondary N) is 2. The number of ether oxygens (including phenoxy) is 2. The number of methoxy groups -OCH3 is 2. The van der Waals surface area contributed by atoms with E-state index < -0.39 is 17.6 Å². The molecule has 0 saturated heterocycles. The molecule has 0 aliphatic carbocycles. The van der Waals surface area contributed by atoms with Gasteiger partial charge in [-0.25, -0.2) is 4.39 Å². The van der Waals surface area contributed by atoms with Crippen LogP contribution in [0.25, 0.3) is 0 Å². The normalized spacial score (nSPS) is 9.87. The Morgan fingerprint density at radius 1 is 0.913 bits per heavy atom. The number of carbonyl (C=O) groups is 2. The second kappa shape index (κ2) is 7.26. The van der Waals surface area contributed by atoms with E-state index >= 15 is 0 Å². The minimum atomic E-state index is -1.00. The lowest BCUT2D eigenvalue weighted by atomic mass is 10.2. The van der Waals surface area contributed by atoms with E-state index in [0.717, 1.165) is 0 Å². The quantitative estimate of drug-likeness (QED) is 0.849. The lowest BCUT2D eigenvalue weighted by Gasteiger charge is -2.12. The Bertz CT molecular complexity index is 734. The summed E-state index contributed by atoms with van der Waals surface area (Å²) in [6, 6.07) is 10.3. The summed E-state index contributed by atoms with van der Waals surface area (Å²) < 4.78 is 23.6. The maximum atomic E-state index is 13.5. The molecule has 2 N–H and O–H groups in total. The van der Waals surface area contributed by atoms with Crippen molar-refractivity contribution in [3.8, 4) is 11.5 Å². The van der Waals surface area contributed by atoms with Crippen LogP contribution in [0, 0.1) is 5.82 Å². The van der Waals surface area contributed by atoms with Crippen LogP contribution < -0.4 is 20.1 Å². The van der Waals surface area contributed by atoms with Crippen LogP contribution in [0.15, 0.2) is 42.5 Å². The molecule has 0 radical (unpaired) electrons. The number of benzene rings is 2. The zero-order chi connectivity index (χ0) is 16.8. The Labute approximate surface area is 132 Å². The number of hydrogen-bond donors (Lipinski definition) is 2. The molecule has 0 aromatic heterocycles. The summed E-state index contributed by atoms with van der Waals surface area (Å²) in [5.74, 6) is -1.75. The van der Waals surface area contributed by atoms with Crippen LogP contribution in [0.3, 0.4) is 0 Å². The Balaban J connectivity index is 2.12. The fourth-order valence-corrected chi connectivity index (χ4v) is 1.83. The van der Waals surface area contributed by atoms with Gasteiger partial charge >= 0.3 is 11.8 Å². The van der Waals surface area contributed by atoms with Crippen LogP contribution in [0.2, 0.25) is 0 Å². The van der Waals surface area contributed by atoms with Crippen LogP contribution >= 0.6 is 0 Å². The van der Waals surface area contributed by atoms with Crippen molar-refractivity contribution in [2.24, 2.45) is 0 Å². The van der Waals surface area contributed by atoms with Gasteiger partial charge in [-0.15, -0.1) is 0 Å². The van der Waals surface area contributed by atoms with Gasteiger partial charge in [-0.3, -0.25) is 9.59 Å². The molecule has 0 heterocycles. The monoisotopic (exact) mass is 318 g/mol. The van der Waals surface area contributed by atoms with Crippen LogP contribution in [0.4, 0.5) is 15.8 Å². The highest BCUT2D eigenvalue weighted by atomic mass is 19.1. The Hall–Kier alpha value is -3.09. The first kappa shape index (κ1) is 16.3. The minimum Gasteiger partial charge on any atom is -0.497 e. The van der Waals surface area contributed by atoms with Gasteiger partial charge in [0.05, 0.1) is 25.6 Å². The van der Waals surface area contributed by atoms with Crippen LogP contribution in [0.1, 0.15) is 0 Å². The minimum absolute atomic E-state index is 0.0785. The van der Waals surface area contributed by atoms with E-state index in [1.165, 1.54) is 38.5 Å². The molecule has 2 rings (SSSR count). The average molecular weight is 318 g/mol. The molecule has 0 bridgehead atoms. The van der Waals surface area contributed by atoms with Gasteiger partial charge in [0.25, 0.3) is 0 Å². The molecule has 23 heavy (non-hydrogen) atoms. The third-order valence-electron chi connectivity index (χ3n) is 2.98. The highest BCUT2D eigenvalue weighted by molar-refractivity contribution is 6.43. The molecule has 0 unspecified atom stereocenters. The summed E-state index contributed by atoms with van der Waals surface area (Å²) in [6.07, 6.45) is 0. The van der Waals surface area contributed by atoms with Gasteiger partial charge in [-0.2, -0.15) is 0 Å². The van der Waals surface area contributed by atoms with Crippen LogP contribution in [-0.2, 0) is 9.59 Å². The van der Waals surface area contributed by atoms with Crippen LogP contribution in [0.5, 0.6) is 11.5 Å². The van der Waals surface area contributed by atoms with Gasteiger partial charge in [-0.1, -0.05) is 12.1 Å². The fourth-order valence-electron chi connectivity index (χ4n) is 1.83. The van der Waals surface area contributed by atoms with Gasteiger partial charge in [-0.05, 0) is 24.3 Å².